The van der Waals surface area contributed by atoms with E-state index < -0.39 is 0 Å². The van der Waals surface area contributed by atoms with Crippen LogP contribution in [0.15, 0.2) is 11.0 Å². The summed E-state index contributed by atoms with van der Waals surface area (Å²) in [6, 6.07) is 0.290. The summed E-state index contributed by atoms with van der Waals surface area (Å²) >= 11 is 1.50. The summed E-state index contributed by atoms with van der Waals surface area (Å²) in [5.41, 5.74) is -0.0628. The summed E-state index contributed by atoms with van der Waals surface area (Å²) in [5.74, 6) is 5.91. The lowest BCUT2D eigenvalue weighted by Crippen LogP contribution is -2.48. The number of hydrogen-bond acceptors (Lipinski definition) is 6. The average molecular weight is 380 g/mol. The predicted octanol–water partition coefficient (Wildman–Crippen LogP) is 2.85. The molecular weight excluding hydrogens is 350 g/mol. The highest BCUT2D eigenvalue weighted by Gasteiger charge is 2.42. The van der Waals surface area contributed by atoms with Crippen LogP contribution in [0.4, 0.5) is 0 Å². The van der Waals surface area contributed by atoms with Crippen LogP contribution in [0, 0.1) is 17.3 Å². The molecule has 0 amide bonds. The fourth-order valence-electron chi connectivity index (χ4n) is 3.55. The normalized spacial score (nSPS) is 28.5. The third-order valence-electron chi connectivity index (χ3n) is 4.89. The third-order valence-corrected chi connectivity index (χ3v) is 6.13. The van der Waals surface area contributed by atoms with Crippen molar-refractivity contribution in [3.8, 4) is 11.8 Å². The molecular formula is C20H29NO4S. The molecule has 0 aromatic carbocycles. The number of nitrogens with one attached hydrogen (secondary N) is 1. The fraction of sp³-hybridized carbons (Fsp3) is 0.750. The molecule has 1 spiro atoms. The van der Waals surface area contributed by atoms with Crippen LogP contribution < -0.4 is 5.32 Å². The summed E-state index contributed by atoms with van der Waals surface area (Å²) in [5, 5.41) is 3.36. The number of carbonyl (C=O) groups excluding carboxylic acids is 1. The molecule has 2 unspecified atom stereocenters. The highest BCUT2D eigenvalue weighted by Crippen LogP contribution is 2.38. The van der Waals surface area contributed by atoms with Gasteiger partial charge in [-0.2, -0.15) is 0 Å². The van der Waals surface area contributed by atoms with Gasteiger partial charge in [-0.3, -0.25) is 4.79 Å². The maximum absolute atomic E-state index is 12.2. The van der Waals surface area contributed by atoms with Gasteiger partial charge in [0.2, 0.25) is 0 Å². The highest BCUT2D eigenvalue weighted by molar-refractivity contribution is 8.05. The Morgan fingerprint density at radius 2 is 1.96 bits per heavy atom. The van der Waals surface area contributed by atoms with Gasteiger partial charge in [-0.05, 0) is 39.7 Å². The Bertz CT molecular complexity index is 612. The maximum Gasteiger partial charge on any atom is 0.321 e. The Labute approximate surface area is 160 Å². The second-order valence-corrected chi connectivity index (χ2v) is 9.35. The van der Waals surface area contributed by atoms with Crippen molar-refractivity contribution in [2.24, 2.45) is 5.41 Å². The molecule has 1 aliphatic carbocycles. The second-order valence-electron chi connectivity index (χ2n) is 8.17. The Kier molecular flexibility index (Phi) is 6.03. The minimum absolute atomic E-state index is 0.0545. The van der Waals surface area contributed by atoms with E-state index in [1.807, 2.05) is 0 Å². The molecule has 0 radical (unpaired) electrons. The first-order chi connectivity index (χ1) is 12.3. The van der Waals surface area contributed by atoms with Crippen molar-refractivity contribution in [3.05, 3.63) is 11.0 Å². The van der Waals surface area contributed by atoms with Crippen LogP contribution in [-0.2, 0) is 19.0 Å². The van der Waals surface area contributed by atoms with Gasteiger partial charge in [0, 0.05) is 24.3 Å². The topological polar surface area (TPSA) is 56.8 Å². The van der Waals surface area contributed by atoms with Gasteiger partial charge in [0.15, 0.2) is 5.79 Å². The molecule has 6 heteroatoms. The van der Waals surface area contributed by atoms with Crippen LogP contribution in [0.25, 0.3) is 0 Å². The maximum atomic E-state index is 12.2. The van der Waals surface area contributed by atoms with Crippen LogP contribution in [0.3, 0.4) is 0 Å². The largest absolute Gasteiger partial charge is 0.468 e. The Hall–Kier alpha value is -1.00. The SMILES string of the molecule is COC(=O)C1SC(C#CC(C)(C)C)=CC1NC1CCC2(CC1)OCCO2. The summed E-state index contributed by atoms with van der Waals surface area (Å²) in [6.07, 6.45) is 5.83. The molecule has 5 nitrogen and oxygen atoms in total. The van der Waals surface area contributed by atoms with Crippen molar-refractivity contribution in [2.45, 2.75) is 69.6 Å². The van der Waals surface area contributed by atoms with Crippen LogP contribution >= 0.6 is 11.8 Å². The van der Waals surface area contributed by atoms with Crippen molar-refractivity contribution in [1.29, 1.82) is 0 Å². The molecule has 1 N–H and O–H groups in total. The Morgan fingerprint density at radius 1 is 1.31 bits per heavy atom. The number of carbonyl (C=O) groups is 1. The van der Waals surface area contributed by atoms with Gasteiger partial charge in [0.25, 0.3) is 0 Å². The second kappa shape index (κ2) is 7.93. The smallest absolute Gasteiger partial charge is 0.321 e. The number of ether oxygens (including phenoxy) is 3. The highest BCUT2D eigenvalue weighted by atomic mass is 32.2. The van der Waals surface area contributed by atoms with Crippen molar-refractivity contribution in [3.63, 3.8) is 0 Å². The average Bonchev–Trinajstić information content (AvgIpc) is 3.21. The van der Waals surface area contributed by atoms with Crippen molar-refractivity contribution in [1.82, 2.24) is 5.32 Å². The quantitative estimate of drug-likeness (QED) is 0.601. The van der Waals surface area contributed by atoms with Crippen molar-refractivity contribution >= 4 is 17.7 Å². The molecule has 3 aliphatic rings. The van der Waals surface area contributed by atoms with Gasteiger partial charge in [0.1, 0.15) is 5.25 Å². The molecule has 0 bridgehead atoms. The van der Waals surface area contributed by atoms with Crippen molar-refractivity contribution in [2.75, 3.05) is 20.3 Å². The molecule has 1 saturated carbocycles. The zero-order chi connectivity index (χ0) is 18.8. The van der Waals surface area contributed by atoms with Gasteiger partial charge >= 0.3 is 5.97 Å². The van der Waals surface area contributed by atoms with Gasteiger partial charge in [-0.1, -0.05) is 11.8 Å². The zero-order valence-corrected chi connectivity index (χ0v) is 16.9. The van der Waals surface area contributed by atoms with Crippen LogP contribution in [0.2, 0.25) is 0 Å². The van der Waals surface area contributed by atoms with E-state index in [0.717, 1.165) is 30.6 Å². The third kappa shape index (κ3) is 4.83. The number of methoxy groups -OCH3 is 1. The number of thioether (sulfide) groups is 1. The Balaban J connectivity index is 1.64. The Morgan fingerprint density at radius 3 is 2.54 bits per heavy atom. The summed E-state index contributed by atoms with van der Waals surface area (Å²) < 4.78 is 16.6. The van der Waals surface area contributed by atoms with E-state index >= 15 is 0 Å². The summed E-state index contributed by atoms with van der Waals surface area (Å²) in [4.78, 5) is 13.2. The minimum Gasteiger partial charge on any atom is -0.468 e. The van der Waals surface area contributed by atoms with Crippen LogP contribution in [0.5, 0.6) is 0 Å². The van der Waals surface area contributed by atoms with Gasteiger partial charge in [0.05, 0.1) is 31.3 Å². The molecule has 2 fully saturated rings. The first-order valence-corrected chi connectivity index (χ1v) is 10.2. The monoisotopic (exact) mass is 379 g/mol. The van der Waals surface area contributed by atoms with Gasteiger partial charge in [-0.25, -0.2) is 0 Å². The molecule has 1 saturated heterocycles. The number of allylic oxidation sites excluding steroid dienone is 1. The number of esters is 1. The number of hydrogen-bond donors (Lipinski definition) is 1. The van der Waals surface area contributed by atoms with E-state index in [2.05, 4.69) is 44.0 Å². The van der Waals surface area contributed by atoms with Gasteiger partial charge in [-0.15, -0.1) is 11.8 Å². The van der Waals surface area contributed by atoms with Crippen LogP contribution in [-0.4, -0.2) is 49.4 Å². The molecule has 144 valence electrons. The minimum atomic E-state index is -0.358. The molecule has 0 aromatic heterocycles. The van der Waals surface area contributed by atoms with E-state index in [9.17, 15) is 4.79 Å². The first kappa shape index (κ1) is 19.8. The molecule has 2 heterocycles. The van der Waals surface area contributed by atoms with E-state index in [1.54, 1.807) is 0 Å². The van der Waals surface area contributed by atoms with Gasteiger partial charge < -0.3 is 19.5 Å². The zero-order valence-electron chi connectivity index (χ0n) is 16.1. The lowest BCUT2D eigenvalue weighted by molar-refractivity contribution is -0.179. The first-order valence-electron chi connectivity index (χ1n) is 9.34. The van der Waals surface area contributed by atoms with E-state index in [1.165, 1.54) is 18.9 Å². The van der Waals surface area contributed by atoms with Crippen molar-refractivity contribution < 1.29 is 19.0 Å². The molecule has 26 heavy (non-hydrogen) atoms. The fourth-order valence-corrected chi connectivity index (χ4v) is 4.65. The van der Waals surface area contributed by atoms with E-state index in [-0.39, 0.29) is 28.5 Å². The molecule has 3 rings (SSSR count). The molecule has 2 atom stereocenters. The lowest BCUT2D eigenvalue weighted by atomic mass is 9.89. The summed E-state index contributed by atoms with van der Waals surface area (Å²) in [7, 11) is 1.44. The van der Waals surface area contributed by atoms with Crippen LogP contribution in [0.1, 0.15) is 46.5 Å². The summed E-state index contributed by atoms with van der Waals surface area (Å²) in [6.45, 7) is 7.64. The lowest BCUT2D eigenvalue weighted by Gasteiger charge is -2.37. The van der Waals surface area contributed by atoms with E-state index in [4.69, 9.17) is 14.2 Å². The molecule has 0 aromatic rings. The standard InChI is InChI=1S/C20H29NO4S/c1-19(2,3)8-7-15-13-16(17(26-15)18(22)23-4)21-14-5-9-20(10-6-14)24-11-12-25-20/h13-14,16-17,21H,5-6,9-12H2,1-4H3. The van der Waals surface area contributed by atoms with E-state index in [0.29, 0.717) is 19.3 Å². The molecule has 2 aliphatic heterocycles. The predicted molar refractivity (Wildman–Crippen MR) is 103 cm³/mol. The number of rotatable bonds is 3.